The lowest BCUT2D eigenvalue weighted by Gasteiger charge is -2.13. The van der Waals surface area contributed by atoms with Crippen LogP contribution in [0.4, 0.5) is 0 Å². The van der Waals surface area contributed by atoms with Gasteiger partial charge in [-0.3, -0.25) is 4.99 Å². The van der Waals surface area contributed by atoms with Gasteiger partial charge in [0.05, 0.1) is 5.71 Å². The average Bonchev–Trinajstić information content (AvgIpc) is 2.69. The number of carboxylic acid groups (broad SMARTS) is 1. The fraction of sp³-hybridized carbons (Fsp3) is 0.0909. The van der Waals surface area contributed by atoms with Gasteiger partial charge in [-0.25, -0.2) is 4.79 Å². The Hall–Kier alpha value is -3.60. The maximum absolute atomic E-state index is 11.8. The van der Waals surface area contributed by atoms with E-state index in [0.29, 0.717) is 11.3 Å². The summed E-state index contributed by atoms with van der Waals surface area (Å²) in [5.41, 5.74) is 2.81. The number of carboxylic acids is 1. The van der Waals surface area contributed by atoms with Crippen molar-refractivity contribution in [2.24, 2.45) is 4.99 Å². The van der Waals surface area contributed by atoms with Crippen LogP contribution in [0.3, 0.4) is 0 Å². The number of aromatic hydroxyl groups is 2. The van der Waals surface area contributed by atoms with Gasteiger partial charge in [0.1, 0.15) is 0 Å². The van der Waals surface area contributed by atoms with Gasteiger partial charge < -0.3 is 15.3 Å². The van der Waals surface area contributed by atoms with Crippen LogP contribution in [-0.4, -0.2) is 33.0 Å². The molecular formula is C22H19NO4. The Kier molecular flexibility index (Phi) is 5.52. The van der Waals surface area contributed by atoms with Gasteiger partial charge in [0.25, 0.3) is 0 Å². The third-order valence-corrected chi connectivity index (χ3v) is 4.13. The molecule has 0 aliphatic carbocycles. The van der Waals surface area contributed by atoms with E-state index in [2.05, 4.69) is 4.99 Å². The van der Waals surface area contributed by atoms with Crippen molar-refractivity contribution in [3.05, 3.63) is 95.6 Å². The summed E-state index contributed by atoms with van der Waals surface area (Å²) in [6.07, 6.45) is 0.0896. The number of nitrogens with zero attached hydrogens (tertiary/aromatic N) is 1. The minimum atomic E-state index is -1.06. The van der Waals surface area contributed by atoms with E-state index >= 15 is 0 Å². The smallest absolute Gasteiger partial charge is 0.328 e. The fourth-order valence-corrected chi connectivity index (χ4v) is 2.77. The van der Waals surface area contributed by atoms with E-state index in [1.54, 1.807) is 6.07 Å². The molecule has 0 radical (unpaired) electrons. The molecule has 0 saturated carbocycles. The first-order valence-electron chi connectivity index (χ1n) is 8.47. The van der Waals surface area contributed by atoms with Crippen LogP contribution in [0.15, 0.2) is 83.9 Å². The highest BCUT2D eigenvalue weighted by molar-refractivity contribution is 6.13. The van der Waals surface area contributed by atoms with E-state index in [1.165, 1.54) is 12.1 Å². The lowest BCUT2D eigenvalue weighted by atomic mass is 10.0. The lowest BCUT2D eigenvalue weighted by Crippen LogP contribution is -2.23. The summed E-state index contributed by atoms with van der Waals surface area (Å²) in [5.74, 6) is -1.60. The van der Waals surface area contributed by atoms with E-state index in [9.17, 15) is 20.1 Å². The summed E-state index contributed by atoms with van der Waals surface area (Å²) in [4.78, 5) is 16.4. The second-order valence-corrected chi connectivity index (χ2v) is 6.09. The largest absolute Gasteiger partial charge is 0.504 e. The summed E-state index contributed by atoms with van der Waals surface area (Å²) in [6.45, 7) is 0. The second-order valence-electron chi connectivity index (χ2n) is 6.09. The summed E-state index contributed by atoms with van der Waals surface area (Å²) < 4.78 is 0. The van der Waals surface area contributed by atoms with Gasteiger partial charge in [0.15, 0.2) is 17.5 Å². The van der Waals surface area contributed by atoms with E-state index in [1.807, 2.05) is 60.7 Å². The van der Waals surface area contributed by atoms with E-state index in [0.717, 1.165) is 11.1 Å². The van der Waals surface area contributed by atoms with Crippen LogP contribution in [0.5, 0.6) is 11.5 Å². The standard InChI is InChI=1S/C22H19NO4/c24-19-12-11-15(14-20(19)25)13-18(22(26)27)23-21(16-7-3-1-4-8-16)17-9-5-2-6-10-17/h1-12,14,18,24-25H,13H2,(H,26,27)/t18-/m0/s1. The lowest BCUT2D eigenvalue weighted by molar-refractivity contribution is -0.138. The summed E-state index contributed by atoms with van der Waals surface area (Å²) in [7, 11) is 0. The Balaban J connectivity index is 2.02. The third-order valence-electron chi connectivity index (χ3n) is 4.13. The molecule has 5 heteroatoms. The molecule has 0 aliphatic heterocycles. The quantitative estimate of drug-likeness (QED) is 0.462. The van der Waals surface area contributed by atoms with Gasteiger partial charge in [-0.2, -0.15) is 0 Å². The van der Waals surface area contributed by atoms with Crippen molar-refractivity contribution in [1.82, 2.24) is 0 Å². The van der Waals surface area contributed by atoms with E-state index < -0.39 is 12.0 Å². The fourth-order valence-electron chi connectivity index (χ4n) is 2.77. The molecule has 0 saturated heterocycles. The number of aliphatic imine (C=N–C) groups is 1. The van der Waals surface area contributed by atoms with Gasteiger partial charge in [-0.1, -0.05) is 66.7 Å². The zero-order chi connectivity index (χ0) is 19.2. The third kappa shape index (κ3) is 4.52. The summed E-state index contributed by atoms with van der Waals surface area (Å²) in [5, 5.41) is 28.8. The zero-order valence-corrected chi connectivity index (χ0v) is 14.5. The molecule has 0 aromatic heterocycles. The summed E-state index contributed by atoms with van der Waals surface area (Å²) >= 11 is 0. The molecule has 3 aromatic rings. The molecule has 1 atom stereocenters. The van der Waals surface area contributed by atoms with E-state index in [-0.39, 0.29) is 17.9 Å². The van der Waals surface area contributed by atoms with Crippen molar-refractivity contribution in [2.75, 3.05) is 0 Å². The molecule has 0 aliphatic rings. The van der Waals surface area contributed by atoms with E-state index in [4.69, 9.17) is 0 Å². The van der Waals surface area contributed by atoms with Gasteiger partial charge >= 0.3 is 5.97 Å². The van der Waals surface area contributed by atoms with Crippen LogP contribution in [-0.2, 0) is 11.2 Å². The minimum Gasteiger partial charge on any atom is -0.504 e. The number of rotatable bonds is 6. The molecule has 3 rings (SSSR count). The first kappa shape index (κ1) is 18.2. The normalized spacial score (nSPS) is 11.6. The molecular weight excluding hydrogens is 342 g/mol. The number of phenolic OH excluding ortho intramolecular Hbond substituents is 2. The molecule has 0 spiro atoms. The Bertz CT molecular complexity index is 911. The van der Waals surface area contributed by atoms with Gasteiger partial charge in [0, 0.05) is 17.5 Å². The highest BCUT2D eigenvalue weighted by Gasteiger charge is 2.20. The molecule has 0 unspecified atom stereocenters. The molecule has 0 amide bonds. The Morgan fingerprint density at radius 1 is 0.815 bits per heavy atom. The van der Waals surface area contributed by atoms with Crippen LogP contribution in [0, 0.1) is 0 Å². The molecule has 27 heavy (non-hydrogen) atoms. The Labute approximate surface area is 156 Å². The molecule has 3 N–H and O–H groups in total. The van der Waals surface area contributed by atoms with Crippen LogP contribution in [0.2, 0.25) is 0 Å². The first-order valence-corrected chi connectivity index (χ1v) is 8.47. The number of hydrogen-bond donors (Lipinski definition) is 3. The van der Waals surface area contributed by atoms with Gasteiger partial charge in [-0.15, -0.1) is 0 Å². The van der Waals surface area contributed by atoms with Crippen molar-refractivity contribution < 1.29 is 20.1 Å². The molecule has 5 nitrogen and oxygen atoms in total. The molecule has 3 aromatic carbocycles. The molecule has 136 valence electrons. The predicted octanol–water partition coefficient (Wildman–Crippen LogP) is 3.63. The maximum Gasteiger partial charge on any atom is 0.328 e. The Morgan fingerprint density at radius 3 is 1.85 bits per heavy atom. The van der Waals surface area contributed by atoms with Crippen molar-refractivity contribution in [2.45, 2.75) is 12.5 Å². The topological polar surface area (TPSA) is 90.1 Å². The SMILES string of the molecule is O=C(O)[C@H](Cc1ccc(O)c(O)c1)N=C(c1ccccc1)c1ccccc1. The van der Waals surface area contributed by atoms with Crippen molar-refractivity contribution in [3.8, 4) is 11.5 Å². The van der Waals surface area contributed by atoms with Crippen LogP contribution in [0.25, 0.3) is 0 Å². The Morgan fingerprint density at radius 2 is 1.37 bits per heavy atom. The number of aliphatic carboxylic acids is 1. The number of phenols is 2. The molecule has 0 fully saturated rings. The van der Waals surface area contributed by atoms with Crippen molar-refractivity contribution in [1.29, 1.82) is 0 Å². The predicted molar refractivity (Wildman–Crippen MR) is 103 cm³/mol. The highest BCUT2D eigenvalue weighted by Crippen LogP contribution is 2.26. The van der Waals surface area contributed by atoms with Crippen LogP contribution in [0.1, 0.15) is 16.7 Å². The van der Waals surface area contributed by atoms with Gasteiger partial charge in [0.2, 0.25) is 0 Å². The number of benzene rings is 3. The highest BCUT2D eigenvalue weighted by atomic mass is 16.4. The minimum absolute atomic E-state index is 0.0896. The maximum atomic E-state index is 11.8. The van der Waals surface area contributed by atoms with Crippen LogP contribution >= 0.6 is 0 Å². The molecule has 0 heterocycles. The van der Waals surface area contributed by atoms with Crippen LogP contribution < -0.4 is 0 Å². The first-order chi connectivity index (χ1) is 13.0. The van der Waals surface area contributed by atoms with Crippen molar-refractivity contribution >= 4 is 11.7 Å². The zero-order valence-electron chi connectivity index (χ0n) is 14.5. The second kappa shape index (κ2) is 8.19. The number of hydrogen-bond acceptors (Lipinski definition) is 4. The van der Waals surface area contributed by atoms with Crippen molar-refractivity contribution in [3.63, 3.8) is 0 Å². The summed E-state index contributed by atoms with van der Waals surface area (Å²) in [6, 6.07) is 22.1. The number of carbonyl (C=O) groups is 1. The average molecular weight is 361 g/mol. The molecule has 0 bridgehead atoms. The monoisotopic (exact) mass is 361 g/mol. The van der Waals surface area contributed by atoms with Gasteiger partial charge in [-0.05, 0) is 17.7 Å².